The molecule has 1 aliphatic heterocycles. The molecule has 0 saturated carbocycles. The number of ether oxygens (including phenoxy) is 2. The lowest BCUT2D eigenvalue weighted by atomic mass is 10.1. The monoisotopic (exact) mass is 403 g/mol. The van der Waals surface area contributed by atoms with Gasteiger partial charge in [-0.1, -0.05) is 18.2 Å². The maximum Gasteiger partial charge on any atom is 0.246 e. The minimum Gasteiger partial charge on any atom is -0.497 e. The molecule has 1 fully saturated rings. The van der Waals surface area contributed by atoms with Crippen molar-refractivity contribution in [3.63, 3.8) is 0 Å². The fraction of sp³-hybridized carbons (Fsp3) is 0.250. The van der Waals surface area contributed by atoms with E-state index in [2.05, 4.69) is 23.1 Å². The zero-order valence-electron chi connectivity index (χ0n) is 17.2. The number of pyridine rings is 1. The predicted octanol–water partition coefficient (Wildman–Crippen LogP) is 3.61. The molecule has 1 saturated heterocycles. The van der Waals surface area contributed by atoms with Gasteiger partial charge in [0, 0.05) is 43.2 Å². The predicted molar refractivity (Wildman–Crippen MR) is 119 cm³/mol. The van der Waals surface area contributed by atoms with Crippen molar-refractivity contribution in [2.24, 2.45) is 0 Å². The minimum atomic E-state index is -0.00834. The summed E-state index contributed by atoms with van der Waals surface area (Å²) in [7, 11) is 3.23. The second-order valence-corrected chi connectivity index (χ2v) is 7.12. The van der Waals surface area contributed by atoms with E-state index in [1.165, 1.54) is 0 Å². The van der Waals surface area contributed by atoms with Gasteiger partial charge in [0.15, 0.2) is 0 Å². The Labute approximate surface area is 176 Å². The molecule has 6 heteroatoms. The molecule has 0 aliphatic carbocycles. The van der Waals surface area contributed by atoms with Crippen LogP contribution in [0.2, 0.25) is 0 Å². The van der Waals surface area contributed by atoms with Crippen molar-refractivity contribution in [3.05, 3.63) is 66.2 Å². The van der Waals surface area contributed by atoms with Crippen LogP contribution in [0.25, 0.3) is 17.0 Å². The van der Waals surface area contributed by atoms with Gasteiger partial charge in [0.2, 0.25) is 5.91 Å². The summed E-state index contributed by atoms with van der Waals surface area (Å²) in [4.78, 5) is 21.5. The van der Waals surface area contributed by atoms with Crippen LogP contribution in [0, 0.1) is 0 Å². The number of carbonyl (C=O) groups is 1. The van der Waals surface area contributed by atoms with Crippen LogP contribution in [0.1, 0.15) is 5.56 Å². The maximum absolute atomic E-state index is 12.7. The molecule has 0 radical (unpaired) electrons. The normalized spacial score (nSPS) is 14.3. The maximum atomic E-state index is 12.7. The zero-order valence-corrected chi connectivity index (χ0v) is 17.2. The summed E-state index contributed by atoms with van der Waals surface area (Å²) >= 11 is 0. The lowest BCUT2D eigenvalue weighted by Crippen LogP contribution is -2.48. The highest BCUT2D eigenvalue weighted by molar-refractivity contribution is 5.92. The Morgan fingerprint density at radius 3 is 2.53 bits per heavy atom. The average molecular weight is 403 g/mol. The zero-order chi connectivity index (χ0) is 20.9. The number of amides is 1. The summed E-state index contributed by atoms with van der Waals surface area (Å²) in [5.74, 6) is 2.37. The van der Waals surface area contributed by atoms with Crippen molar-refractivity contribution in [2.75, 3.05) is 45.3 Å². The van der Waals surface area contributed by atoms with Gasteiger partial charge in [-0.05, 0) is 42.5 Å². The topological polar surface area (TPSA) is 54.9 Å². The molecule has 0 bridgehead atoms. The molecule has 1 aliphatic rings. The molecule has 6 nitrogen and oxygen atoms in total. The Morgan fingerprint density at radius 2 is 1.77 bits per heavy atom. The third kappa shape index (κ3) is 4.22. The number of nitrogens with zero attached hydrogens (tertiary/aromatic N) is 3. The van der Waals surface area contributed by atoms with E-state index in [1.807, 2.05) is 41.3 Å². The minimum absolute atomic E-state index is 0.00834. The number of hydrogen-bond acceptors (Lipinski definition) is 5. The van der Waals surface area contributed by atoms with Gasteiger partial charge in [0.05, 0.1) is 19.7 Å². The first-order valence-electron chi connectivity index (χ1n) is 9.97. The lowest BCUT2D eigenvalue weighted by Gasteiger charge is -2.35. The number of carbonyl (C=O) groups excluding carboxylic acids is 1. The largest absolute Gasteiger partial charge is 0.497 e. The molecule has 4 rings (SSSR count). The van der Waals surface area contributed by atoms with Gasteiger partial charge in [-0.25, -0.2) is 4.98 Å². The molecular formula is C24H25N3O3. The van der Waals surface area contributed by atoms with E-state index in [1.54, 1.807) is 26.4 Å². The van der Waals surface area contributed by atoms with Gasteiger partial charge in [-0.15, -0.1) is 0 Å². The number of anilines is 1. The summed E-state index contributed by atoms with van der Waals surface area (Å²) in [6.07, 6.45) is 3.38. The molecule has 1 aromatic heterocycles. The van der Waals surface area contributed by atoms with Gasteiger partial charge in [0.1, 0.15) is 17.3 Å². The summed E-state index contributed by atoms with van der Waals surface area (Å²) in [5.41, 5.74) is 1.80. The van der Waals surface area contributed by atoms with E-state index in [0.29, 0.717) is 18.8 Å². The van der Waals surface area contributed by atoms with Crippen LogP contribution in [-0.2, 0) is 4.79 Å². The van der Waals surface area contributed by atoms with E-state index >= 15 is 0 Å². The molecule has 2 heterocycles. The first-order valence-corrected chi connectivity index (χ1v) is 9.97. The molecule has 0 spiro atoms. The smallest absolute Gasteiger partial charge is 0.246 e. The average Bonchev–Trinajstić information content (AvgIpc) is 2.82. The Kier molecular flexibility index (Phi) is 5.84. The molecule has 3 aromatic rings. The van der Waals surface area contributed by atoms with E-state index < -0.39 is 0 Å². The molecular weight excluding hydrogens is 378 g/mol. The first-order chi connectivity index (χ1) is 14.7. The van der Waals surface area contributed by atoms with Crippen LogP contribution in [0.3, 0.4) is 0 Å². The Balaban J connectivity index is 1.40. The van der Waals surface area contributed by atoms with E-state index in [4.69, 9.17) is 14.5 Å². The number of fused-ring (bicyclic) bond motifs is 1. The second-order valence-electron chi connectivity index (χ2n) is 7.12. The summed E-state index contributed by atoms with van der Waals surface area (Å²) in [6.45, 7) is 2.83. The number of rotatable bonds is 5. The van der Waals surface area contributed by atoms with Gasteiger partial charge in [-0.3, -0.25) is 4.79 Å². The lowest BCUT2D eigenvalue weighted by molar-refractivity contribution is -0.126. The van der Waals surface area contributed by atoms with Crippen LogP contribution < -0.4 is 14.4 Å². The fourth-order valence-corrected chi connectivity index (χ4v) is 3.62. The highest BCUT2D eigenvalue weighted by Crippen LogP contribution is 2.25. The first kappa shape index (κ1) is 19.8. The Morgan fingerprint density at radius 1 is 0.967 bits per heavy atom. The van der Waals surface area contributed by atoms with Crippen LogP contribution in [0.4, 0.5) is 5.82 Å². The molecule has 30 heavy (non-hydrogen) atoms. The SMILES string of the molecule is COc1ccc(OC)c(/C=C/C(=O)N2CCN(c3ccc4ccccc4n3)CC2)c1. The van der Waals surface area contributed by atoms with Gasteiger partial charge >= 0.3 is 0 Å². The van der Waals surface area contributed by atoms with Crippen molar-refractivity contribution in [2.45, 2.75) is 0 Å². The van der Waals surface area contributed by atoms with Crippen molar-refractivity contribution in [3.8, 4) is 11.5 Å². The standard InChI is InChI=1S/C24H25N3O3/c1-29-20-9-10-22(30-2)19(17-20)8-12-24(28)27-15-13-26(14-16-27)23-11-7-18-5-3-4-6-21(18)25-23/h3-12,17H,13-16H2,1-2H3/b12-8+. The van der Waals surface area contributed by atoms with Gasteiger partial charge in [0.25, 0.3) is 0 Å². The van der Waals surface area contributed by atoms with Crippen LogP contribution >= 0.6 is 0 Å². The molecule has 2 aromatic carbocycles. The number of piperazine rings is 1. The van der Waals surface area contributed by atoms with Crippen molar-refractivity contribution < 1.29 is 14.3 Å². The molecule has 0 atom stereocenters. The van der Waals surface area contributed by atoms with E-state index in [-0.39, 0.29) is 5.91 Å². The van der Waals surface area contributed by atoms with Gasteiger partial charge in [-0.2, -0.15) is 0 Å². The quantitative estimate of drug-likeness (QED) is 0.609. The second kappa shape index (κ2) is 8.86. The van der Waals surface area contributed by atoms with Crippen LogP contribution in [0.15, 0.2) is 60.7 Å². The molecule has 0 N–H and O–H groups in total. The van der Waals surface area contributed by atoms with E-state index in [0.717, 1.165) is 41.1 Å². The van der Waals surface area contributed by atoms with Gasteiger partial charge < -0.3 is 19.3 Å². The molecule has 154 valence electrons. The van der Waals surface area contributed by atoms with Crippen LogP contribution in [-0.4, -0.2) is 56.2 Å². The summed E-state index contributed by atoms with van der Waals surface area (Å²) in [6, 6.07) is 17.8. The Hall–Kier alpha value is -3.54. The van der Waals surface area contributed by atoms with E-state index in [9.17, 15) is 4.79 Å². The Bertz CT molecular complexity index is 1070. The third-order valence-corrected chi connectivity index (χ3v) is 5.34. The number of aromatic nitrogens is 1. The summed E-state index contributed by atoms with van der Waals surface area (Å²) < 4.78 is 10.6. The highest BCUT2D eigenvalue weighted by Gasteiger charge is 2.20. The number of para-hydroxylation sites is 1. The van der Waals surface area contributed by atoms with Crippen molar-refractivity contribution in [1.82, 2.24) is 9.88 Å². The van der Waals surface area contributed by atoms with Crippen molar-refractivity contribution >= 4 is 28.7 Å². The summed E-state index contributed by atoms with van der Waals surface area (Å²) in [5, 5.41) is 1.13. The number of benzene rings is 2. The van der Waals surface area contributed by atoms with Crippen molar-refractivity contribution in [1.29, 1.82) is 0 Å². The fourth-order valence-electron chi connectivity index (χ4n) is 3.62. The number of hydrogen-bond donors (Lipinski definition) is 0. The molecule has 1 amide bonds. The highest BCUT2D eigenvalue weighted by atomic mass is 16.5. The number of methoxy groups -OCH3 is 2. The molecule has 0 unspecified atom stereocenters. The van der Waals surface area contributed by atoms with Crippen LogP contribution in [0.5, 0.6) is 11.5 Å². The third-order valence-electron chi connectivity index (χ3n) is 5.34.